The molecule has 2 aliphatic heterocycles. The lowest BCUT2D eigenvalue weighted by Crippen LogP contribution is -2.21. The van der Waals surface area contributed by atoms with Crippen molar-refractivity contribution < 1.29 is 5.11 Å². The van der Waals surface area contributed by atoms with Gasteiger partial charge in [-0.05, 0) is 17.3 Å². The van der Waals surface area contributed by atoms with Gasteiger partial charge in [0.05, 0.1) is 0 Å². The second kappa shape index (κ2) is 2.17. The smallest absolute Gasteiger partial charge is 0.144 e. The molecule has 0 aromatic rings. The van der Waals surface area contributed by atoms with E-state index in [4.69, 9.17) is 0 Å². The summed E-state index contributed by atoms with van der Waals surface area (Å²) in [5.41, 5.74) is 0. The summed E-state index contributed by atoms with van der Waals surface area (Å²) < 4.78 is 0. The summed E-state index contributed by atoms with van der Waals surface area (Å²) in [6.07, 6.45) is 3.86. The maximum absolute atomic E-state index is 9.41. The molecule has 2 fully saturated rings. The Morgan fingerprint density at radius 3 is 2.89 bits per heavy atom. The summed E-state index contributed by atoms with van der Waals surface area (Å²) in [5, 5.41) is 10.1. The molecule has 9 heavy (non-hydrogen) atoms. The third kappa shape index (κ3) is 0.887. The quantitative estimate of drug-likeness (QED) is 0.493. The van der Waals surface area contributed by atoms with Crippen LogP contribution >= 0.6 is 0 Å². The van der Waals surface area contributed by atoms with E-state index in [9.17, 15) is 5.11 Å². The van der Waals surface area contributed by atoms with Crippen molar-refractivity contribution >= 4 is 10.9 Å². The van der Waals surface area contributed by atoms with Crippen LogP contribution in [0.2, 0.25) is 0 Å². The Labute approximate surface area is 58.8 Å². The average molecular weight is 145 g/mol. The molecule has 2 saturated heterocycles. The van der Waals surface area contributed by atoms with Gasteiger partial charge < -0.3 is 5.11 Å². The van der Waals surface area contributed by atoms with Gasteiger partial charge in [0.1, 0.15) is 22.9 Å². The van der Waals surface area contributed by atoms with Crippen LogP contribution in [-0.4, -0.2) is 28.0 Å². The van der Waals surface area contributed by atoms with Gasteiger partial charge in [0.15, 0.2) is 0 Å². The highest BCUT2D eigenvalue weighted by atomic mass is 32.2. The van der Waals surface area contributed by atoms with E-state index in [-0.39, 0.29) is 6.10 Å². The summed E-state index contributed by atoms with van der Waals surface area (Å²) in [4.78, 5) is 0. The van der Waals surface area contributed by atoms with Crippen LogP contribution in [0, 0.1) is 0 Å². The zero-order valence-corrected chi connectivity index (χ0v) is 6.36. The summed E-state index contributed by atoms with van der Waals surface area (Å²) in [6.45, 7) is 0. The molecule has 0 spiro atoms. The predicted molar refractivity (Wildman–Crippen MR) is 40.7 cm³/mol. The summed E-state index contributed by atoms with van der Waals surface area (Å²) >= 11 is 0. The monoisotopic (exact) mass is 145 g/mol. The van der Waals surface area contributed by atoms with E-state index in [1.807, 2.05) is 0 Å². The Morgan fingerprint density at radius 1 is 1.22 bits per heavy atom. The highest BCUT2D eigenvalue weighted by Gasteiger charge is 2.46. The Morgan fingerprint density at radius 2 is 2.11 bits per heavy atom. The van der Waals surface area contributed by atoms with Crippen molar-refractivity contribution in [2.24, 2.45) is 0 Å². The summed E-state index contributed by atoms with van der Waals surface area (Å²) in [5.74, 6) is 2.74. The molecule has 0 aromatic carbocycles. The SMILES string of the molecule is OC1CC[S+]2CCCC12. The minimum atomic E-state index is 0.0795. The van der Waals surface area contributed by atoms with Crippen molar-refractivity contribution in [3.05, 3.63) is 0 Å². The lowest BCUT2D eigenvalue weighted by Gasteiger charge is -2.02. The lowest BCUT2D eigenvalue weighted by molar-refractivity contribution is 0.173. The van der Waals surface area contributed by atoms with Crippen molar-refractivity contribution in [2.45, 2.75) is 30.6 Å². The van der Waals surface area contributed by atoms with E-state index in [2.05, 4.69) is 0 Å². The fraction of sp³-hybridized carbons (Fsp3) is 1.00. The molecule has 0 aliphatic carbocycles. The van der Waals surface area contributed by atoms with E-state index in [0.29, 0.717) is 10.9 Å². The van der Waals surface area contributed by atoms with Gasteiger partial charge in [0, 0.05) is 12.8 Å². The molecule has 2 rings (SSSR count). The van der Waals surface area contributed by atoms with Gasteiger partial charge in [-0.15, -0.1) is 0 Å². The molecule has 2 heterocycles. The fourth-order valence-electron chi connectivity index (χ4n) is 1.91. The molecular weight excluding hydrogens is 132 g/mol. The van der Waals surface area contributed by atoms with Gasteiger partial charge in [0.2, 0.25) is 0 Å². The first-order valence-electron chi connectivity index (χ1n) is 3.72. The number of aliphatic hydroxyl groups excluding tert-OH is 1. The number of hydrogen-bond acceptors (Lipinski definition) is 1. The minimum absolute atomic E-state index is 0.0795. The number of rotatable bonds is 0. The molecule has 2 heteroatoms. The Bertz CT molecular complexity index is 115. The van der Waals surface area contributed by atoms with Gasteiger partial charge in [-0.1, -0.05) is 0 Å². The molecule has 0 saturated carbocycles. The first kappa shape index (κ1) is 6.05. The zero-order chi connectivity index (χ0) is 6.27. The van der Waals surface area contributed by atoms with Crippen LogP contribution in [0.5, 0.6) is 0 Å². The Hall–Kier alpha value is 0.310. The minimum Gasteiger partial charge on any atom is -0.388 e. The summed E-state index contributed by atoms with van der Waals surface area (Å²) in [6, 6.07) is 0. The maximum Gasteiger partial charge on any atom is 0.144 e. The van der Waals surface area contributed by atoms with Crippen LogP contribution in [0.4, 0.5) is 0 Å². The standard InChI is InChI=1S/C7H13OS/c8-6-3-5-9-4-1-2-7(6)9/h6-8H,1-5H2/q+1. The molecule has 1 nitrogen and oxygen atoms in total. The van der Waals surface area contributed by atoms with Crippen LogP contribution in [-0.2, 0) is 10.9 Å². The molecule has 0 bridgehead atoms. The molecule has 0 radical (unpaired) electrons. The zero-order valence-electron chi connectivity index (χ0n) is 5.55. The maximum atomic E-state index is 9.41. The second-order valence-corrected chi connectivity index (χ2v) is 5.48. The van der Waals surface area contributed by atoms with Crippen molar-refractivity contribution in [1.29, 1.82) is 0 Å². The van der Waals surface area contributed by atoms with Crippen LogP contribution in [0.1, 0.15) is 19.3 Å². The van der Waals surface area contributed by atoms with E-state index >= 15 is 0 Å². The number of fused-ring (bicyclic) bond motifs is 1. The second-order valence-electron chi connectivity index (χ2n) is 2.98. The molecule has 3 unspecified atom stereocenters. The predicted octanol–water partition coefficient (Wildman–Crippen LogP) is 0.532. The third-order valence-electron chi connectivity index (χ3n) is 2.43. The van der Waals surface area contributed by atoms with Crippen LogP contribution in [0.3, 0.4) is 0 Å². The third-order valence-corrected chi connectivity index (χ3v) is 5.41. The van der Waals surface area contributed by atoms with E-state index in [1.54, 1.807) is 0 Å². The Balaban J connectivity index is 2.07. The largest absolute Gasteiger partial charge is 0.388 e. The van der Waals surface area contributed by atoms with Gasteiger partial charge in [-0.3, -0.25) is 0 Å². The summed E-state index contributed by atoms with van der Waals surface area (Å²) in [7, 11) is 0.652. The van der Waals surface area contributed by atoms with E-state index in [1.165, 1.54) is 24.3 Å². The van der Waals surface area contributed by atoms with E-state index in [0.717, 1.165) is 11.7 Å². The van der Waals surface area contributed by atoms with E-state index < -0.39 is 0 Å². The number of hydrogen-bond donors (Lipinski definition) is 1. The van der Waals surface area contributed by atoms with Gasteiger partial charge >= 0.3 is 0 Å². The van der Waals surface area contributed by atoms with Gasteiger partial charge in [-0.25, -0.2) is 0 Å². The normalized spacial score (nSPS) is 49.7. The topological polar surface area (TPSA) is 20.2 Å². The number of aliphatic hydroxyl groups is 1. The lowest BCUT2D eigenvalue weighted by atomic mass is 10.1. The fourth-order valence-corrected chi connectivity index (χ4v) is 4.89. The van der Waals surface area contributed by atoms with Crippen LogP contribution < -0.4 is 0 Å². The molecule has 0 aromatic heterocycles. The van der Waals surface area contributed by atoms with Crippen molar-refractivity contribution in [3.63, 3.8) is 0 Å². The van der Waals surface area contributed by atoms with Gasteiger partial charge in [-0.2, -0.15) is 0 Å². The van der Waals surface area contributed by atoms with Crippen LogP contribution in [0.25, 0.3) is 0 Å². The van der Waals surface area contributed by atoms with Crippen molar-refractivity contribution in [2.75, 3.05) is 11.5 Å². The highest BCUT2D eigenvalue weighted by molar-refractivity contribution is 7.98. The molecule has 52 valence electrons. The molecule has 0 amide bonds. The molecule has 2 aliphatic rings. The molecular formula is C7H13OS+. The molecule has 1 N–H and O–H groups in total. The molecule has 3 atom stereocenters. The van der Waals surface area contributed by atoms with Crippen molar-refractivity contribution in [1.82, 2.24) is 0 Å². The highest BCUT2D eigenvalue weighted by Crippen LogP contribution is 2.32. The average Bonchev–Trinajstić information content (AvgIpc) is 2.35. The van der Waals surface area contributed by atoms with Crippen molar-refractivity contribution in [3.8, 4) is 0 Å². The van der Waals surface area contributed by atoms with Crippen LogP contribution in [0.15, 0.2) is 0 Å². The first-order valence-corrected chi connectivity index (χ1v) is 5.35. The first-order chi connectivity index (χ1) is 4.38. The van der Waals surface area contributed by atoms with Gasteiger partial charge in [0.25, 0.3) is 0 Å². The Kier molecular flexibility index (Phi) is 1.46.